The second-order valence-electron chi connectivity index (χ2n) is 7.24. The van der Waals surface area contributed by atoms with E-state index in [-0.39, 0.29) is 18.1 Å². The molecule has 2 aromatic carbocycles. The van der Waals surface area contributed by atoms with Crippen molar-refractivity contribution in [3.8, 4) is 0 Å². The Kier molecular flexibility index (Phi) is 5.21. The lowest BCUT2D eigenvalue weighted by atomic mass is 9.89. The maximum absolute atomic E-state index is 13.2. The van der Waals surface area contributed by atoms with Gasteiger partial charge >= 0.3 is 6.03 Å². The van der Waals surface area contributed by atoms with Gasteiger partial charge in [0.2, 0.25) is 0 Å². The molecule has 2 aliphatic heterocycles. The van der Waals surface area contributed by atoms with Crippen LogP contribution in [0.25, 0.3) is 0 Å². The Labute approximate surface area is 155 Å². The van der Waals surface area contributed by atoms with Gasteiger partial charge in [-0.15, -0.1) is 0 Å². The van der Waals surface area contributed by atoms with E-state index in [1.165, 1.54) is 16.7 Å². The van der Waals surface area contributed by atoms with Crippen LogP contribution in [0.15, 0.2) is 54.6 Å². The SMILES string of the molecule is O=C1NCCCc2ccccc2C(c2ccccc2)N1C1CCNCC1. The summed E-state index contributed by atoms with van der Waals surface area (Å²) < 4.78 is 0. The van der Waals surface area contributed by atoms with Gasteiger partial charge in [-0.1, -0.05) is 54.6 Å². The molecule has 0 aliphatic carbocycles. The predicted molar refractivity (Wildman–Crippen MR) is 104 cm³/mol. The Morgan fingerprint density at radius 1 is 0.885 bits per heavy atom. The van der Waals surface area contributed by atoms with Crippen LogP contribution < -0.4 is 10.6 Å². The van der Waals surface area contributed by atoms with E-state index in [0.29, 0.717) is 0 Å². The Hall–Kier alpha value is -2.33. The van der Waals surface area contributed by atoms with Crippen molar-refractivity contribution in [3.05, 3.63) is 71.3 Å². The minimum atomic E-state index is -0.0337. The quantitative estimate of drug-likeness (QED) is 0.872. The van der Waals surface area contributed by atoms with Crippen LogP contribution in [0.5, 0.6) is 0 Å². The highest BCUT2D eigenvalue weighted by Crippen LogP contribution is 2.35. The van der Waals surface area contributed by atoms with E-state index < -0.39 is 0 Å². The summed E-state index contributed by atoms with van der Waals surface area (Å²) in [5.41, 5.74) is 3.82. The molecule has 1 fully saturated rings. The molecule has 136 valence electrons. The molecule has 2 aliphatic rings. The van der Waals surface area contributed by atoms with Gasteiger partial charge in [0.1, 0.15) is 0 Å². The average Bonchev–Trinajstić information content (AvgIpc) is 2.77. The lowest BCUT2D eigenvalue weighted by molar-refractivity contribution is 0.139. The molecule has 0 radical (unpaired) electrons. The second kappa shape index (κ2) is 7.92. The number of nitrogens with one attached hydrogen (secondary N) is 2. The Bertz CT molecular complexity index is 740. The van der Waals surface area contributed by atoms with E-state index in [1.54, 1.807) is 0 Å². The molecule has 2 aromatic rings. The molecule has 26 heavy (non-hydrogen) atoms. The summed E-state index contributed by atoms with van der Waals surface area (Å²) in [5.74, 6) is 0. The maximum Gasteiger partial charge on any atom is 0.318 e. The van der Waals surface area contributed by atoms with Gasteiger partial charge in [-0.2, -0.15) is 0 Å². The predicted octanol–water partition coefficient (Wildman–Crippen LogP) is 3.49. The number of fused-ring (bicyclic) bond motifs is 1. The van der Waals surface area contributed by atoms with Gasteiger partial charge in [0.25, 0.3) is 0 Å². The Balaban J connectivity index is 1.85. The van der Waals surface area contributed by atoms with Gasteiger partial charge in [0.15, 0.2) is 0 Å². The van der Waals surface area contributed by atoms with Crippen LogP contribution in [0.1, 0.15) is 42.0 Å². The second-order valence-corrected chi connectivity index (χ2v) is 7.24. The van der Waals surface area contributed by atoms with Crippen LogP contribution in [0.3, 0.4) is 0 Å². The first-order chi connectivity index (χ1) is 12.8. The number of aryl methyl sites for hydroxylation is 1. The maximum atomic E-state index is 13.2. The molecule has 4 rings (SSSR count). The van der Waals surface area contributed by atoms with Crippen LogP contribution >= 0.6 is 0 Å². The Morgan fingerprint density at radius 3 is 2.42 bits per heavy atom. The monoisotopic (exact) mass is 349 g/mol. The van der Waals surface area contributed by atoms with Crippen molar-refractivity contribution in [2.24, 2.45) is 0 Å². The summed E-state index contributed by atoms with van der Waals surface area (Å²) in [6, 6.07) is 19.4. The van der Waals surface area contributed by atoms with Crippen LogP contribution in [0.2, 0.25) is 0 Å². The number of amides is 2. The third-order valence-corrected chi connectivity index (χ3v) is 5.58. The average molecular weight is 349 g/mol. The molecular weight excluding hydrogens is 322 g/mol. The summed E-state index contributed by atoms with van der Waals surface area (Å²) >= 11 is 0. The molecule has 2 amide bonds. The normalized spacial score (nSPS) is 21.9. The summed E-state index contributed by atoms with van der Waals surface area (Å²) in [6.45, 7) is 2.67. The molecule has 4 nitrogen and oxygen atoms in total. The molecule has 0 saturated carbocycles. The lowest BCUT2D eigenvalue weighted by Gasteiger charge is -2.40. The summed E-state index contributed by atoms with van der Waals surface area (Å²) in [7, 11) is 0. The molecule has 1 unspecified atom stereocenters. The number of nitrogens with zero attached hydrogens (tertiary/aromatic N) is 1. The molecule has 1 saturated heterocycles. The van der Waals surface area contributed by atoms with Crippen molar-refractivity contribution in [2.75, 3.05) is 19.6 Å². The molecule has 1 atom stereocenters. The van der Waals surface area contributed by atoms with Crippen molar-refractivity contribution in [2.45, 2.75) is 37.8 Å². The highest BCUT2D eigenvalue weighted by molar-refractivity contribution is 5.76. The number of carbonyl (C=O) groups is 1. The summed E-state index contributed by atoms with van der Waals surface area (Å²) in [4.78, 5) is 15.3. The fourth-order valence-corrected chi connectivity index (χ4v) is 4.30. The third kappa shape index (κ3) is 3.47. The largest absolute Gasteiger partial charge is 0.338 e. The topological polar surface area (TPSA) is 44.4 Å². The van der Waals surface area contributed by atoms with Gasteiger partial charge in [0.05, 0.1) is 6.04 Å². The van der Waals surface area contributed by atoms with Crippen molar-refractivity contribution >= 4 is 6.03 Å². The number of piperidine rings is 1. The zero-order valence-corrected chi connectivity index (χ0v) is 15.2. The molecule has 2 N–H and O–H groups in total. The number of urea groups is 1. The fraction of sp³-hybridized carbons (Fsp3) is 0.409. The first-order valence-corrected chi connectivity index (χ1v) is 9.74. The van der Waals surface area contributed by atoms with Crippen molar-refractivity contribution in [1.82, 2.24) is 15.5 Å². The number of hydrogen-bond acceptors (Lipinski definition) is 2. The number of carbonyl (C=O) groups excluding carboxylic acids is 1. The van der Waals surface area contributed by atoms with Gasteiger partial charge in [-0.25, -0.2) is 4.79 Å². The van der Waals surface area contributed by atoms with Crippen LogP contribution in [-0.2, 0) is 6.42 Å². The number of hydrogen-bond donors (Lipinski definition) is 2. The molecule has 0 aromatic heterocycles. The number of benzene rings is 2. The first kappa shape index (κ1) is 17.1. The smallest absolute Gasteiger partial charge is 0.318 e. The van der Waals surface area contributed by atoms with E-state index in [0.717, 1.165) is 45.3 Å². The van der Waals surface area contributed by atoms with E-state index in [2.05, 4.69) is 64.1 Å². The van der Waals surface area contributed by atoms with Gasteiger partial charge in [0, 0.05) is 12.6 Å². The number of rotatable bonds is 2. The van der Waals surface area contributed by atoms with Crippen LogP contribution in [-0.4, -0.2) is 36.6 Å². The van der Waals surface area contributed by atoms with Crippen LogP contribution in [0.4, 0.5) is 4.79 Å². The molecular formula is C22H27N3O. The first-order valence-electron chi connectivity index (χ1n) is 9.74. The van der Waals surface area contributed by atoms with Crippen molar-refractivity contribution in [1.29, 1.82) is 0 Å². The molecule has 2 heterocycles. The van der Waals surface area contributed by atoms with Gasteiger partial charge in [-0.3, -0.25) is 0 Å². The highest BCUT2D eigenvalue weighted by atomic mass is 16.2. The zero-order valence-electron chi connectivity index (χ0n) is 15.2. The molecule has 4 heteroatoms. The van der Waals surface area contributed by atoms with Crippen molar-refractivity contribution < 1.29 is 4.79 Å². The minimum Gasteiger partial charge on any atom is -0.338 e. The van der Waals surface area contributed by atoms with Crippen molar-refractivity contribution in [3.63, 3.8) is 0 Å². The third-order valence-electron chi connectivity index (χ3n) is 5.58. The molecule has 0 bridgehead atoms. The zero-order chi connectivity index (χ0) is 17.8. The standard InChI is InChI=1S/C22H27N3O/c26-22-24-14-6-10-17-7-4-5-11-20(17)21(18-8-2-1-3-9-18)25(22)19-12-15-23-16-13-19/h1-5,7-9,11,19,21,23H,6,10,12-16H2,(H,24,26). The summed E-state index contributed by atoms with van der Waals surface area (Å²) in [6.07, 6.45) is 3.97. The fourth-order valence-electron chi connectivity index (χ4n) is 4.30. The summed E-state index contributed by atoms with van der Waals surface area (Å²) in [5, 5.41) is 6.60. The van der Waals surface area contributed by atoms with Gasteiger partial charge in [-0.05, 0) is 55.5 Å². The van der Waals surface area contributed by atoms with E-state index in [4.69, 9.17) is 0 Å². The molecule has 0 spiro atoms. The van der Waals surface area contributed by atoms with E-state index in [1.807, 2.05) is 6.07 Å². The lowest BCUT2D eigenvalue weighted by Crippen LogP contribution is -2.51. The van der Waals surface area contributed by atoms with E-state index in [9.17, 15) is 4.79 Å². The van der Waals surface area contributed by atoms with Crippen LogP contribution in [0, 0.1) is 0 Å². The van der Waals surface area contributed by atoms with E-state index >= 15 is 0 Å². The minimum absolute atomic E-state index is 0.0337. The Morgan fingerprint density at radius 2 is 1.62 bits per heavy atom. The highest BCUT2D eigenvalue weighted by Gasteiger charge is 2.35. The van der Waals surface area contributed by atoms with Gasteiger partial charge < -0.3 is 15.5 Å².